The van der Waals surface area contributed by atoms with Crippen LogP contribution < -0.4 is 4.90 Å². The van der Waals surface area contributed by atoms with Gasteiger partial charge in [0.05, 0.1) is 0 Å². The Morgan fingerprint density at radius 2 is 1.65 bits per heavy atom. The summed E-state index contributed by atoms with van der Waals surface area (Å²) in [6, 6.07) is 18.0. The van der Waals surface area contributed by atoms with Gasteiger partial charge in [-0.1, -0.05) is 48.9 Å². The fourth-order valence-electron chi connectivity index (χ4n) is 3.97. The van der Waals surface area contributed by atoms with Crippen molar-refractivity contribution in [2.45, 2.75) is 26.7 Å². The smallest absolute Gasteiger partial charge is 0.222 e. The second-order valence-corrected chi connectivity index (χ2v) is 8.26. The molecule has 0 aliphatic carbocycles. The van der Waals surface area contributed by atoms with E-state index in [2.05, 4.69) is 36.1 Å². The Labute approximate surface area is 188 Å². The van der Waals surface area contributed by atoms with E-state index in [1.54, 1.807) is 0 Å². The molecule has 3 aromatic rings. The number of halogens is 1. The molecule has 0 spiro atoms. The maximum absolute atomic E-state index is 12.1. The predicted octanol–water partition coefficient (Wildman–Crippen LogP) is 4.75. The fourth-order valence-corrected chi connectivity index (χ4v) is 4.09. The molecule has 4 rings (SSSR count). The van der Waals surface area contributed by atoms with Gasteiger partial charge in [0, 0.05) is 60.9 Å². The van der Waals surface area contributed by atoms with Crippen molar-refractivity contribution in [3.63, 3.8) is 0 Å². The molecule has 1 amide bonds. The van der Waals surface area contributed by atoms with Crippen molar-refractivity contribution in [1.82, 2.24) is 14.9 Å². The van der Waals surface area contributed by atoms with Gasteiger partial charge in [-0.05, 0) is 36.8 Å². The van der Waals surface area contributed by atoms with Crippen molar-refractivity contribution in [1.29, 1.82) is 0 Å². The Morgan fingerprint density at radius 3 is 2.29 bits per heavy atom. The molecule has 6 heteroatoms. The summed E-state index contributed by atoms with van der Waals surface area (Å²) in [6.07, 6.45) is 1.32. The molecule has 0 unspecified atom stereocenters. The molecule has 0 atom stereocenters. The summed E-state index contributed by atoms with van der Waals surface area (Å²) in [4.78, 5) is 26.2. The Hall–Kier alpha value is -2.92. The van der Waals surface area contributed by atoms with E-state index in [1.807, 2.05) is 42.2 Å². The molecule has 2 heterocycles. The summed E-state index contributed by atoms with van der Waals surface area (Å²) in [5.74, 6) is 1.88. The molecule has 1 aliphatic rings. The van der Waals surface area contributed by atoms with E-state index < -0.39 is 0 Å². The van der Waals surface area contributed by atoms with E-state index in [0.717, 1.165) is 55.2 Å². The first-order valence-corrected chi connectivity index (χ1v) is 11.1. The summed E-state index contributed by atoms with van der Waals surface area (Å²) in [5, 5.41) is 0.693. The number of amides is 1. The van der Waals surface area contributed by atoms with Crippen LogP contribution in [0.2, 0.25) is 5.02 Å². The monoisotopic (exact) mass is 434 g/mol. The molecule has 0 N–H and O–H groups in total. The molecule has 1 aromatic heterocycles. The number of rotatable bonds is 5. The molecule has 31 heavy (non-hydrogen) atoms. The van der Waals surface area contributed by atoms with Gasteiger partial charge in [-0.25, -0.2) is 9.97 Å². The van der Waals surface area contributed by atoms with Crippen molar-refractivity contribution in [3.8, 4) is 11.4 Å². The maximum Gasteiger partial charge on any atom is 0.222 e. The average Bonchev–Trinajstić information content (AvgIpc) is 2.81. The molecular formula is C25H27ClN4O. The van der Waals surface area contributed by atoms with E-state index in [1.165, 1.54) is 5.56 Å². The number of hydrogen-bond acceptors (Lipinski definition) is 4. The third-order valence-corrected chi connectivity index (χ3v) is 6.00. The van der Waals surface area contributed by atoms with Crippen molar-refractivity contribution in [2.24, 2.45) is 0 Å². The number of carbonyl (C=O) groups excluding carboxylic acids is 1. The average molecular weight is 435 g/mol. The number of anilines is 1. The lowest BCUT2D eigenvalue weighted by atomic mass is 10.0. The highest BCUT2D eigenvalue weighted by atomic mass is 35.5. The number of benzene rings is 2. The summed E-state index contributed by atoms with van der Waals surface area (Å²) in [6.45, 7) is 6.94. The normalized spacial score (nSPS) is 14.0. The Bertz CT molecular complexity index is 1050. The van der Waals surface area contributed by atoms with Gasteiger partial charge in [0.1, 0.15) is 5.82 Å². The highest BCUT2D eigenvalue weighted by Crippen LogP contribution is 2.29. The highest BCUT2D eigenvalue weighted by molar-refractivity contribution is 6.30. The predicted molar refractivity (Wildman–Crippen MR) is 126 cm³/mol. The summed E-state index contributed by atoms with van der Waals surface area (Å²) in [7, 11) is 0. The lowest BCUT2D eigenvalue weighted by molar-refractivity contribution is -0.131. The number of hydrogen-bond donors (Lipinski definition) is 0. The van der Waals surface area contributed by atoms with Crippen LogP contribution in [0.1, 0.15) is 30.2 Å². The SMILES string of the molecule is CCC(=O)N1CCN(c2nc(-c3ccc(Cl)cc3)nc(C)c2Cc2ccccc2)CC1. The minimum absolute atomic E-state index is 0.213. The zero-order chi connectivity index (χ0) is 21.8. The first-order valence-electron chi connectivity index (χ1n) is 10.7. The van der Waals surface area contributed by atoms with Gasteiger partial charge < -0.3 is 9.80 Å². The Morgan fingerprint density at radius 1 is 0.968 bits per heavy atom. The van der Waals surface area contributed by atoms with Gasteiger partial charge >= 0.3 is 0 Å². The molecule has 5 nitrogen and oxygen atoms in total. The molecule has 1 fully saturated rings. The third kappa shape index (κ3) is 4.88. The minimum Gasteiger partial charge on any atom is -0.353 e. The summed E-state index contributed by atoms with van der Waals surface area (Å²) >= 11 is 6.07. The Balaban J connectivity index is 1.70. The lowest BCUT2D eigenvalue weighted by Gasteiger charge is -2.36. The quantitative estimate of drug-likeness (QED) is 0.581. The van der Waals surface area contributed by atoms with E-state index in [-0.39, 0.29) is 5.91 Å². The number of carbonyl (C=O) groups is 1. The topological polar surface area (TPSA) is 49.3 Å². The largest absolute Gasteiger partial charge is 0.353 e. The van der Waals surface area contributed by atoms with Gasteiger partial charge in [-0.2, -0.15) is 0 Å². The van der Waals surface area contributed by atoms with Crippen LogP contribution in [0.25, 0.3) is 11.4 Å². The van der Waals surface area contributed by atoms with Crippen molar-refractivity contribution < 1.29 is 4.79 Å². The third-order valence-electron chi connectivity index (χ3n) is 5.75. The van der Waals surface area contributed by atoms with Crippen molar-refractivity contribution >= 4 is 23.3 Å². The van der Waals surface area contributed by atoms with Gasteiger partial charge in [0.15, 0.2) is 5.82 Å². The van der Waals surface area contributed by atoms with Crippen LogP contribution in [0.5, 0.6) is 0 Å². The molecule has 1 saturated heterocycles. The van der Waals surface area contributed by atoms with E-state index in [9.17, 15) is 4.79 Å². The number of piperazine rings is 1. The van der Waals surface area contributed by atoms with Crippen LogP contribution >= 0.6 is 11.6 Å². The summed E-state index contributed by atoms with van der Waals surface area (Å²) in [5.41, 5.74) is 4.29. The van der Waals surface area contributed by atoms with Crippen LogP contribution in [0.15, 0.2) is 54.6 Å². The molecule has 0 saturated carbocycles. The maximum atomic E-state index is 12.1. The second-order valence-electron chi connectivity index (χ2n) is 7.83. The van der Waals surface area contributed by atoms with Gasteiger partial charge in [0.2, 0.25) is 5.91 Å². The molecule has 2 aromatic carbocycles. The van der Waals surface area contributed by atoms with E-state index in [0.29, 0.717) is 17.3 Å². The van der Waals surface area contributed by atoms with Gasteiger partial charge in [0.25, 0.3) is 0 Å². The molecule has 0 radical (unpaired) electrons. The fraction of sp³-hybridized carbons (Fsp3) is 0.320. The Kier molecular flexibility index (Phi) is 6.52. The zero-order valence-corrected chi connectivity index (χ0v) is 18.8. The molecule has 160 valence electrons. The van der Waals surface area contributed by atoms with Crippen molar-refractivity contribution in [3.05, 3.63) is 76.4 Å². The number of aromatic nitrogens is 2. The zero-order valence-electron chi connectivity index (χ0n) is 18.0. The molecular weight excluding hydrogens is 408 g/mol. The number of nitrogens with zero attached hydrogens (tertiary/aromatic N) is 4. The van der Waals surface area contributed by atoms with Crippen LogP contribution in [-0.4, -0.2) is 47.0 Å². The molecule has 0 bridgehead atoms. The lowest BCUT2D eigenvalue weighted by Crippen LogP contribution is -2.49. The van der Waals surface area contributed by atoms with Gasteiger partial charge in [-0.15, -0.1) is 0 Å². The van der Waals surface area contributed by atoms with Crippen molar-refractivity contribution in [2.75, 3.05) is 31.1 Å². The number of aryl methyl sites for hydroxylation is 1. The second kappa shape index (κ2) is 9.48. The minimum atomic E-state index is 0.213. The standard InChI is InChI=1S/C25H27ClN4O/c1-3-23(31)29-13-15-30(16-14-29)25-22(17-19-7-5-4-6-8-19)18(2)27-24(28-25)20-9-11-21(26)12-10-20/h4-12H,3,13-17H2,1-2H3. The van der Waals surface area contributed by atoms with E-state index in [4.69, 9.17) is 21.6 Å². The molecule has 1 aliphatic heterocycles. The van der Waals surface area contributed by atoms with Crippen LogP contribution in [-0.2, 0) is 11.2 Å². The first kappa shape index (κ1) is 21.3. The van der Waals surface area contributed by atoms with Crippen LogP contribution in [0.4, 0.5) is 5.82 Å². The first-order chi connectivity index (χ1) is 15.0. The van der Waals surface area contributed by atoms with Crippen LogP contribution in [0.3, 0.4) is 0 Å². The summed E-state index contributed by atoms with van der Waals surface area (Å²) < 4.78 is 0. The van der Waals surface area contributed by atoms with Gasteiger partial charge in [-0.3, -0.25) is 4.79 Å². The van der Waals surface area contributed by atoms with E-state index >= 15 is 0 Å². The highest BCUT2D eigenvalue weighted by Gasteiger charge is 2.24. The van der Waals surface area contributed by atoms with Crippen LogP contribution in [0, 0.1) is 6.92 Å².